The SMILES string of the molecule is [O-]c1ccccc1C1CCCCC1.c1ccc([P+](c2ccccc2)(c2ccccc2)c2ccccc2)cc1. The van der Waals surface area contributed by atoms with Gasteiger partial charge in [-0.15, -0.1) is 5.75 Å². The van der Waals surface area contributed by atoms with Gasteiger partial charge in [0.15, 0.2) is 0 Å². The summed E-state index contributed by atoms with van der Waals surface area (Å²) in [6.07, 6.45) is 6.34. The van der Waals surface area contributed by atoms with Crippen LogP contribution in [0.3, 0.4) is 0 Å². The summed E-state index contributed by atoms with van der Waals surface area (Å²) in [6, 6.07) is 51.3. The van der Waals surface area contributed by atoms with Gasteiger partial charge in [-0.05, 0) is 67.3 Å². The highest BCUT2D eigenvalue weighted by molar-refractivity contribution is 8.01. The van der Waals surface area contributed by atoms with E-state index in [4.69, 9.17) is 0 Å². The normalized spacial score (nSPS) is 13.8. The Hall–Kier alpha value is -3.67. The molecule has 190 valence electrons. The molecule has 5 aromatic rings. The Kier molecular flexibility index (Phi) is 8.69. The zero-order valence-electron chi connectivity index (χ0n) is 21.8. The van der Waals surface area contributed by atoms with Gasteiger partial charge in [0.25, 0.3) is 0 Å². The summed E-state index contributed by atoms with van der Waals surface area (Å²) in [5.41, 5.74) is 1.04. The minimum Gasteiger partial charge on any atom is -0.872 e. The summed E-state index contributed by atoms with van der Waals surface area (Å²) in [7, 11) is -1.91. The monoisotopic (exact) mass is 514 g/mol. The van der Waals surface area contributed by atoms with E-state index in [9.17, 15) is 5.11 Å². The number of hydrogen-bond acceptors (Lipinski definition) is 1. The first-order valence-corrected chi connectivity index (χ1v) is 15.5. The Balaban J connectivity index is 0.000000190. The molecule has 0 atom stereocenters. The molecule has 0 aromatic heterocycles. The first-order valence-electron chi connectivity index (χ1n) is 13.7. The van der Waals surface area contributed by atoms with Gasteiger partial charge < -0.3 is 5.11 Å². The number of para-hydroxylation sites is 1. The second-order valence-electron chi connectivity index (χ2n) is 9.89. The Morgan fingerprint density at radius 2 is 0.763 bits per heavy atom. The molecule has 0 spiro atoms. The molecule has 1 saturated carbocycles. The van der Waals surface area contributed by atoms with Crippen molar-refractivity contribution in [3.05, 3.63) is 151 Å². The largest absolute Gasteiger partial charge is 0.872 e. The first-order chi connectivity index (χ1) is 18.8. The van der Waals surface area contributed by atoms with Crippen LogP contribution in [0.25, 0.3) is 0 Å². The van der Waals surface area contributed by atoms with Gasteiger partial charge in [0.2, 0.25) is 0 Å². The highest BCUT2D eigenvalue weighted by atomic mass is 31.2. The van der Waals surface area contributed by atoms with Crippen LogP contribution in [0.5, 0.6) is 5.75 Å². The van der Waals surface area contributed by atoms with Gasteiger partial charge in [0.1, 0.15) is 28.5 Å². The molecule has 0 unspecified atom stereocenters. The molecule has 1 aliphatic rings. The van der Waals surface area contributed by atoms with Gasteiger partial charge >= 0.3 is 0 Å². The smallest absolute Gasteiger partial charge is 0.144 e. The molecule has 0 aliphatic heterocycles. The predicted octanol–water partition coefficient (Wildman–Crippen LogP) is 7.11. The standard InChI is InChI=1S/C24H20P.C12H16O/c1-5-13-21(14-6-1)25(22-15-7-2-8-16-22,23-17-9-3-10-18-23)24-19-11-4-12-20-24;13-12-9-5-4-8-11(12)10-6-2-1-3-7-10/h1-20H;4-5,8-10,13H,1-3,6-7H2/q+1;/p-1. The van der Waals surface area contributed by atoms with Crippen molar-refractivity contribution in [3.63, 3.8) is 0 Å². The molecule has 1 fully saturated rings. The third kappa shape index (κ3) is 5.59. The summed E-state index contributed by atoms with van der Waals surface area (Å²) in [5, 5.41) is 17.1. The van der Waals surface area contributed by atoms with Gasteiger partial charge in [-0.2, -0.15) is 0 Å². The lowest BCUT2D eigenvalue weighted by Gasteiger charge is -2.27. The quantitative estimate of drug-likeness (QED) is 0.229. The number of rotatable bonds is 5. The minimum atomic E-state index is -1.91. The van der Waals surface area contributed by atoms with Crippen LogP contribution in [-0.4, -0.2) is 0 Å². The van der Waals surface area contributed by atoms with E-state index in [0.717, 1.165) is 5.56 Å². The van der Waals surface area contributed by atoms with Crippen molar-refractivity contribution in [3.8, 4) is 5.75 Å². The molecule has 0 bridgehead atoms. The molecule has 5 aromatic carbocycles. The zero-order chi connectivity index (χ0) is 26.0. The second kappa shape index (κ2) is 12.7. The minimum absolute atomic E-state index is 0.231. The van der Waals surface area contributed by atoms with E-state index in [0.29, 0.717) is 5.92 Å². The van der Waals surface area contributed by atoms with Crippen LogP contribution in [0.2, 0.25) is 0 Å². The lowest BCUT2D eigenvalue weighted by molar-refractivity contribution is -0.269. The maximum absolute atomic E-state index is 11.5. The Bertz CT molecular complexity index is 1220. The van der Waals surface area contributed by atoms with Gasteiger partial charge in [-0.25, -0.2) is 0 Å². The Morgan fingerprint density at radius 1 is 0.421 bits per heavy atom. The average molecular weight is 515 g/mol. The van der Waals surface area contributed by atoms with Crippen molar-refractivity contribution in [1.29, 1.82) is 0 Å². The summed E-state index contributed by atoms with van der Waals surface area (Å²) < 4.78 is 0. The van der Waals surface area contributed by atoms with Crippen LogP contribution < -0.4 is 26.3 Å². The molecule has 0 heterocycles. The molecular formula is C36H35OP. The summed E-state index contributed by atoms with van der Waals surface area (Å²) in [6.45, 7) is 0. The fraction of sp³-hybridized carbons (Fsp3) is 0.167. The average Bonchev–Trinajstić information content (AvgIpc) is 3.01. The molecule has 0 N–H and O–H groups in total. The van der Waals surface area contributed by atoms with Crippen LogP contribution in [0.15, 0.2) is 146 Å². The third-order valence-electron chi connectivity index (χ3n) is 7.54. The Labute approximate surface area is 228 Å². The van der Waals surface area contributed by atoms with Crippen LogP contribution in [0, 0.1) is 0 Å². The molecule has 0 radical (unpaired) electrons. The summed E-state index contributed by atoms with van der Waals surface area (Å²) >= 11 is 0. The van der Waals surface area contributed by atoms with Crippen LogP contribution in [0.4, 0.5) is 0 Å². The molecule has 6 rings (SSSR count). The van der Waals surface area contributed by atoms with E-state index in [1.807, 2.05) is 18.2 Å². The molecule has 0 saturated heterocycles. The van der Waals surface area contributed by atoms with Crippen molar-refractivity contribution in [2.75, 3.05) is 0 Å². The molecule has 38 heavy (non-hydrogen) atoms. The second-order valence-corrected chi connectivity index (χ2v) is 13.3. The first kappa shape index (κ1) is 26.0. The Morgan fingerprint density at radius 3 is 1.13 bits per heavy atom. The van der Waals surface area contributed by atoms with Gasteiger partial charge in [0, 0.05) is 0 Å². The number of hydrogen-bond donors (Lipinski definition) is 0. The van der Waals surface area contributed by atoms with Crippen molar-refractivity contribution >= 4 is 28.5 Å². The van der Waals surface area contributed by atoms with E-state index in [-0.39, 0.29) is 5.75 Å². The van der Waals surface area contributed by atoms with E-state index in [1.165, 1.54) is 53.3 Å². The third-order valence-corrected chi connectivity index (χ3v) is 11.8. The fourth-order valence-corrected chi connectivity index (χ4v) is 10.00. The van der Waals surface area contributed by atoms with E-state index in [2.05, 4.69) is 121 Å². The molecule has 1 nitrogen and oxygen atoms in total. The predicted molar refractivity (Wildman–Crippen MR) is 163 cm³/mol. The number of benzene rings is 5. The van der Waals surface area contributed by atoms with Crippen molar-refractivity contribution in [2.24, 2.45) is 0 Å². The van der Waals surface area contributed by atoms with Crippen molar-refractivity contribution < 1.29 is 5.11 Å². The van der Waals surface area contributed by atoms with Gasteiger partial charge in [-0.1, -0.05) is 122 Å². The molecule has 1 aliphatic carbocycles. The van der Waals surface area contributed by atoms with Crippen molar-refractivity contribution in [1.82, 2.24) is 0 Å². The van der Waals surface area contributed by atoms with E-state index < -0.39 is 7.26 Å². The maximum Gasteiger partial charge on any atom is 0.144 e. The summed E-state index contributed by atoms with van der Waals surface area (Å²) in [5.74, 6) is 0.775. The van der Waals surface area contributed by atoms with Crippen LogP contribution >= 0.6 is 7.26 Å². The highest BCUT2D eigenvalue weighted by Crippen LogP contribution is 2.54. The van der Waals surface area contributed by atoms with E-state index >= 15 is 0 Å². The van der Waals surface area contributed by atoms with Gasteiger partial charge in [-0.3, -0.25) is 0 Å². The lowest BCUT2D eigenvalue weighted by Crippen LogP contribution is -2.38. The zero-order valence-corrected chi connectivity index (χ0v) is 22.7. The van der Waals surface area contributed by atoms with Crippen LogP contribution in [-0.2, 0) is 0 Å². The van der Waals surface area contributed by atoms with E-state index in [1.54, 1.807) is 6.07 Å². The topological polar surface area (TPSA) is 23.1 Å². The fourth-order valence-electron chi connectivity index (χ4n) is 5.73. The highest BCUT2D eigenvalue weighted by Gasteiger charge is 2.47. The van der Waals surface area contributed by atoms with Gasteiger partial charge in [0.05, 0.1) is 0 Å². The summed E-state index contributed by atoms with van der Waals surface area (Å²) in [4.78, 5) is 0. The molecule has 2 heteroatoms. The maximum atomic E-state index is 11.5. The molecular weight excluding hydrogens is 479 g/mol. The lowest BCUT2D eigenvalue weighted by atomic mass is 9.84. The van der Waals surface area contributed by atoms with Crippen molar-refractivity contribution in [2.45, 2.75) is 38.0 Å². The molecule has 0 amide bonds. The van der Waals surface area contributed by atoms with Crippen LogP contribution in [0.1, 0.15) is 43.6 Å².